The summed E-state index contributed by atoms with van der Waals surface area (Å²) in [6, 6.07) is 0. The van der Waals surface area contributed by atoms with Crippen molar-refractivity contribution in [1.29, 1.82) is 0 Å². The van der Waals surface area contributed by atoms with Gasteiger partial charge in [0, 0.05) is 12.5 Å². The van der Waals surface area contributed by atoms with Crippen LogP contribution in [0.5, 0.6) is 5.75 Å². The fourth-order valence-corrected chi connectivity index (χ4v) is 1.91. The highest BCUT2D eigenvalue weighted by atomic mass is 16.3. The lowest BCUT2D eigenvalue weighted by molar-refractivity contribution is 0.446. The van der Waals surface area contributed by atoms with Gasteiger partial charge in [0.15, 0.2) is 5.75 Å². The fraction of sp³-hybridized carbons (Fsp3) is 0.769. The minimum atomic E-state index is 0.379. The zero-order valence-electron chi connectivity index (χ0n) is 11.0. The first kappa shape index (κ1) is 13.1. The molecule has 0 amide bonds. The van der Waals surface area contributed by atoms with Crippen molar-refractivity contribution in [3.63, 3.8) is 0 Å². The van der Waals surface area contributed by atoms with Gasteiger partial charge in [-0.2, -0.15) is 5.10 Å². The van der Waals surface area contributed by atoms with E-state index in [1.807, 2.05) is 11.6 Å². The Morgan fingerprint density at radius 1 is 1.31 bits per heavy atom. The number of rotatable bonds is 6. The molecule has 0 radical (unpaired) electrons. The molecule has 3 nitrogen and oxygen atoms in total. The summed E-state index contributed by atoms with van der Waals surface area (Å²) >= 11 is 0. The molecule has 0 bridgehead atoms. The topological polar surface area (TPSA) is 38.0 Å². The third kappa shape index (κ3) is 2.57. The molecule has 1 atom stereocenters. The van der Waals surface area contributed by atoms with Crippen molar-refractivity contribution in [2.24, 2.45) is 0 Å². The first-order valence-corrected chi connectivity index (χ1v) is 6.44. The molecular formula is C13H24N2O. The Labute approximate surface area is 98.5 Å². The molecule has 0 spiro atoms. The van der Waals surface area contributed by atoms with Crippen LogP contribution in [0.15, 0.2) is 0 Å². The summed E-state index contributed by atoms with van der Waals surface area (Å²) in [5.74, 6) is 0.803. The number of nitrogens with zero attached hydrogens (tertiary/aromatic N) is 2. The molecule has 16 heavy (non-hydrogen) atoms. The molecule has 1 N–H and O–H groups in total. The summed E-state index contributed by atoms with van der Waals surface area (Å²) in [6.07, 6.45) is 4.11. The number of aromatic nitrogens is 2. The second-order valence-electron chi connectivity index (χ2n) is 4.42. The summed E-state index contributed by atoms with van der Waals surface area (Å²) in [5, 5.41) is 14.6. The van der Waals surface area contributed by atoms with E-state index in [1.54, 1.807) is 0 Å². The molecule has 3 heteroatoms. The quantitative estimate of drug-likeness (QED) is 0.803. The summed E-state index contributed by atoms with van der Waals surface area (Å²) in [4.78, 5) is 0. The van der Waals surface area contributed by atoms with E-state index in [9.17, 15) is 5.11 Å². The van der Waals surface area contributed by atoms with Crippen molar-refractivity contribution in [3.8, 4) is 5.75 Å². The van der Waals surface area contributed by atoms with Crippen LogP contribution in [0.25, 0.3) is 0 Å². The lowest BCUT2D eigenvalue weighted by Crippen LogP contribution is -2.07. The SMILES string of the molecule is CCCCn1nc(CC)c(O)c1C(C)CC. The van der Waals surface area contributed by atoms with Crippen LogP contribution >= 0.6 is 0 Å². The van der Waals surface area contributed by atoms with Crippen LogP contribution in [0.1, 0.15) is 64.3 Å². The Morgan fingerprint density at radius 3 is 2.50 bits per heavy atom. The van der Waals surface area contributed by atoms with E-state index in [0.29, 0.717) is 11.7 Å². The molecule has 1 rings (SSSR count). The molecule has 92 valence electrons. The van der Waals surface area contributed by atoms with Crippen molar-refractivity contribution < 1.29 is 5.11 Å². The maximum atomic E-state index is 10.1. The van der Waals surface area contributed by atoms with Crippen LogP contribution in [0.3, 0.4) is 0 Å². The van der Waals surface area contributed by atoms with E-state index < -0.39 is 0 Å². The summed E-state index contributed by atoms with van der Waals surface area (Å²) in [5.41, 5.74) is 1.86. The molecule has 1 heterocycles. The smallest absolute Gasteiger partial charge is 0.160 e. The second-order valence-corrected chi connectivity index (χ2v) is 4.42. The minimum absolute atomic E-state index is 0.379. The van der Waals surface area contributed by atoms with E-state index in [-0.39, 0.29) is 0 Å². The van der Waals surface area contributed by atoms with Crippen LogP contribution in [0, 0.1) is 0 Å². The number of aryl methyl sites for hydroxylation is 2. The highest BCUT2D eigenvalue weighted by Gasteiger charge is 2.19. The molecule has 1 aromatic heterocycles. The number of hydrogen-bond acceptors (Lipinski definition) is 2. The van der Waals surface area contributed by atoms with Crippen molar-refractivity contribution >= 4 is 0 Å². The van der Waals surface area contributed by atoms with Gasteiger partial charge in [0.05, 0.1) is 5.69 Å². The van der Waals surface area contributed by atoms with Gasteiger partial charge in [-0.25, -0.2) is 0 Å². The normalized spacial score (nSPS) is 13.0. The van der Waals surface area contributed by atoms with Crippen molar-refractivity contribution in [2.75, 3.05) is 0 Å². The van der Waals surface area contributed by atoms with Crippen molar-refractivity contribution in [3.05, 3.63) is 11.4 Å². The third-order valence-electron chi connectivity index (χ3n) is 3.17. The van der Waals surface area contributed by atoms with Crippen LogP contribution in [0.2, 0.25) is 0 Å². The standard InChI is InChI=1S/C13H24N2O/c1-5-8-9-15-12(10(4)6-2)13(16)11(7-3)14-15/h10,16H,5-9H2,1-4H3. The summed E-state index contributed by atoms with van der Waals surface area (Å²) in [6.45, 7) is 9.43. The fourth-order valence-electron chi connectivity index (χ4n) is 1.91. The highest BCUT2D eigenvalue weighted by molar-refractivity contribution is 5.34. The molecule has 0 aliphatic rings. The zero-order chi connectivity index (χ0) is 12.1. The minimum Gasteiger partial charge on any atom is -0.504 e. The molecule has 0 fully saturated rings. The monoisotopic (exact) mass is 224 g/mol. The number of unbranched alkanes of at least 4 members (excludes halogenated alkanes) is 1. The molecular weight excluding hydrogens is 200 g/mol. The van der Waals surface area contributed by atoms with E-state index in [4.69, 9.17) is 0 Å². The van der Waals surface area contributed by atoms with Gasteiger partial charge in [-0.15, -0.1) is 0 Å². The maximum absolute atomic E-state index is 10.1. The number of aromatic hydroxyl groups is 1. The number of hydrogen-bond donors (Lipinski definition) is 1. The first-order chi connectivity index (χ1) is 7.65. The largest absolute Gasteiger partial charge is 0.504 e. The lowest BCUT2D eigenvalue weighted by atomic mass is 10.0. The molecule has 1 unspecified atom stereocenters. The predicted octanol–water partition coefficient (Wildman–Crippen LogP) is 3.46. The van der Waals surface area contributed by atoms with Crippen LogP contribution in [0.4, 0.5) is 0 Å². The van der Waals surface area contributed by atoms with Gasteiger partial charge in [0.25, 0.3) is 0 Å². The van der Waals surface area contributed by atoms with E-state index in [0.717, 1.165) is 43.6 Å². The molecule has 1 aromatic rings. The Morgan fingerprint density at radius 2 is 2.00 bits per heavy atom. The lowest BCUT2D eigenvalue weighted by Gasteiger charge is -2.12. The molecule has 0 aliphatic heterocycles. The van der Waals surface area contributed by atoms with Crippen molar-refractivity contribution in [1.82, 2.24) is 9.78 Å². The van der Waals surface area contributed by atoms with Gasteiger partial charge in [-0.3, -0.25) is 4.68 Å². The Hall–Kier alpha value is -0.990. The molecule has 0 saturated heterocycles. The van der Waals surface area contributed by atoms with Crippen LogP contribution in [-0.2, 0) is 13.0 Å². The van der Waals surface area contributed by atoms with E-state index in [2.05, 4.69) is 25.9 Å². The summed E-state index contributed by atoms with van der Waals surface area (Å²) in [7, 11) is 0. The van der Waals surface area contributed by atoms with E-state index >= 15 is 0 Å². The Balaban J connectivity index is 3.03. The third-order valence-corrected chi connectivity index (χ3v) is 3.17. The Bertz CT molecular complexity index is 331. The zero-order valence-corrected chi connectivity index (χ0v) is 11.0. The molecule has 0 saturated carbocycles. The maximum Gasteiger partial charge on any atom is 0.160 e. The highest BCUT2D eigenvalue weighted by Crippen LogP contribution is 2.31. The Kier molecular flexibility index (Phi) is 4.84. The van der Waals surface area contributed by atoms with Gasteiger partial charge in [0.2, 0.25) is 0 Å². The first-order valence-electron chi connectivity index (χ1n) is 6.44. The van der Waals surface area contributed by atoms with Gasteiger partial charge in [0.1, 0.15) is 5.69 Å². The molecule has 0 aliphatic carbocycles. The van der Waals surface area contributed by atoms with Gasteiger partial charge >= 0.3 is 0 Å². The van der Waals surface area contributed by atoms with E-state index in [1.165, 1.54) is 0 Å². The van der Waals surface area contributed by atoms with Crippen molar-refractivity contribution in [2.45, 2.75) is 65.8 Å². The predicted molar refractivity (Wildman–Crippen MR) is 66.9 cm³/mol. The van der Waals surface area contributed by atoms with Gasteiger partial charge < -0.3 is 5.11 Å². The molecule has 0 aromatic carbocycles. The van der Waals surface area contributed by atoms with Gasteiger partial charge in [-0.1, -0.05) is 34.1 Å². The summed E-state index contributed by atoms with van der Waals surface area (Å²) < 4.78 is 2.01. The average Bonchev–Trinajstić information content (AvgIpc) is 2.62. The van der Waals surface area contributed by atoms with Gasteiger partial charge in [-0.05, 0) is 19.3 Å². The average molecular weight is 224 g/mol. The second kappa shape index (κ2) is 5.92. The van der Waals surface area contributed by atoms with Crippen LogP contribution in [-0.4, -0.2) is 14.9 Å². The van der Waals surface area contributed by atoms with Crippen LogP contribution < -0.4 is 0 Å².